The van der Waals surface area contributed by atoms with E-state index in [0.717, 1.165) is 26.1 Å². The first-order valence-electron chi connectivity index (χ1n) is 8.56. The normalized spacial score (nSPS) is 19.0. The second-order valence-electron chi connectivity index (χ2n) is 6.50. The number of carbonyl (C=O) groups is 2. The van der Waals surface area contributed by atoms with Gasteiger partial charge in [0.2, 0.25) is 16.8 Å². The van der Waals surface area contributed by atoms with Crippen molar-refractivity contribution in [2.24, 2.45) is 0 Å². The van der Waals surface area contributed by atoms with Gasteiger partial charge in [-0.15, -0.1) is 0 Å². The number of halogens is 7. The maximum absolute atomic E-state index is 14.7. The van der Waals surface area contributed by atoms with Crippen LogP contribution in [0.4, 0.5) is 17.6 Å². The number of hydroxylamine groups is 1. The zero-order valence-corrected chi connectivity index (χ0v) is 18.6. The number of likely N-dealkylation sites (N-methyl/N-ethyl adjacent to an activating group) is 1. The summed E-state index contributed by atoms with van der Waals surface area (Å²) in [4.78, 5) is 28.0. The quantitative estimate of drug-likeness (QED) is 0.197. The molecule has 0 spiro atoms. The van der Waals surface area contributed by atoms with Gasteiger partial charge in [0, 0.05) is 12.5 Å². The van der Waals surface area contributed by atoms with Gasteiger partial charge >= 0.3 is 12.1 Å². The molecule has 1 N–H and O–H groups in total. The predicted molar refractivity (Wildman–Crippen MR) is 105 cm³/mol. The Labute approximate surface area is 189 Å². The van der Waals surface area contributed by atoms with E-state index in [1.54, 1.807) is 0 Å². The lowest BCUT2D eigenvalue weighted by Gasteiger charge is -2.31. The second kappa shape index (κ2) is 9.23. The SMILES string of the molecule is CCOC(=O)C[N+]1(C)C(Cl)=C(c2cc(ONC(C)=O)c(Cl)cc2F)C(Cl)=C1C(F)(F)F. The summed E-state index contributed by atoms with van der Waals surface area (Å²) < 4.78 is 59.8. The van der Waals surface area contributed by atoms with Crippen LogP contribution in [-0.4, -0.2) is 42.7 Å². The van der Waals surface area contributed by atoms with Crippen molar-refractivity contribution in [1.82, 2.24) is 5.48 Å². The number of esters is 1. The summed E-state index contributed by atoms with van der Waals surface area (Å²) in [6.07, 6.45) is -5.02. The third-order valence-electron chi connectivity index (χ3n) is 4.18. The standard InChI is InChI=1S/C18H15Cl3F4N2O4/c1-4-30-13(29)7-27(3)16(18(23,24)25)15(20)14(17(27)21)9-5-12(31-26-8(2)28)10(19)6-11(9)22/h5-6H,4,7H2,1-3H3/p+1. The van der Waals surface area contributed by atoms with Crippen molar-refractivity contribution in [2.45, 2.75) is 20.0 Å². The molecule has 0 aliphatic carbocycles. The van der Waals surface area contributed by atoms with Gasteiger partial charge in [-0.2, -0.15) is 18.7 Å². The number of benzene rings is 1. The molecule has 31 heavy (non-hydrogen) atoms. The summed E-state index contributed by atoms with van der Waals surface area (Å²) in [6, 6.07) is 1.69. The highest BCUT2D eigenvalue weighted by Gasteiger charge is 2.58. The van der Waals surface area contributed by atoms with E-state index in [0.29, 0.717) is 0 Å². The minimum atomic E-state index is -5.02. The third kappa shape index (κ3) is 5.08. The van der Waals surface area contributed by atoms with Crippen LogP contribution in [0.5, 0.6) is 5.75 Å². The molecular weight excluding hydrogens is 491 g/mol. The summed E-state index contributed by atoms with van der Waals surface area (Å²) in [6.45, 7) is 1.70. The zero-order chi connectivity index (χ0) is 23.7. The lowest BCUT2D eigenvalue weighted by atomic mass is 10.1. The van der Waals surface area contributed by atoms with Gasteiger partial charge in [-0.1, -0.05) is 23.2 Å². The first kappa shape index (κ1) is 25.3. The summed E-state index contributed by atoms with van der Waals surface area (Å²) in [5.74, 6) is -2.91. The molecule has 13 heteroatoms. The van der Waals surface area contributed by atoms with Crippen LogP contribution in [0.2, 0.25) is 5.02 Å². The third-order valence-corrected chi connectivity index (χ3v) is 5.40. The summed E-state index contributed by atoms with van der Waals surface area (Å²) in [5.41, 5.74) is -0.397. The van der Waals surface area contributed by atoms with Gasteiger partial charge < -0.3 is 9.57 Å². The fourth-order valence-electron chi connectivity index (χ4n) is 2.94. The van der Waals surface area contributed by atoms with Crippen LogP contribution in [0.1, 0.15) is 19.4 Å². The van der Waals surface area contributed by atoms with Crippen LogP contribution < -0.4 is 10.3 Å². The number of nitrogens with zero attached hydrogens (tertiary/aromatic N) is 1. The first-order chi connectivity index (χ1) is 14.2. The van der Waals surface area contributed by atoms with Gasteiger partial charge in [0.15, 0.2) is 12.3 Å². The Morgan fingerprint density at radius 3 is 2.32 bits per heavy atom. The molecule has 0 fully saturated rings. The maximum Gasteiger partial charge on any atom is 0.469 e. The molecule has 2 rings (SSSR count). The van der Waals surface area contributed by atoms with E-state index < -0.39 is 61.9 Å². The molecule has 1 heterocycles. The van der Waals surface area contributed by atoms with Crippen molar-refractivity contribution in [3.63, 3.8) is 0 Å². The van der Waals surface area contributed by atoms with E-state index in [-0.39, 0.29) is 17.4 Å². The number of carbonyl (C=O) groups excluding carboxylic acids is 2. The molecule has 1 atom stereocenters. The number of allylic oxidation sites excluding steroid dienone is 3. The molecule has 1 unspecified atom stereocenters. The summed E-state index contributed by atoms with van der Waals surface area (Å²) >= 11 is 18.2. The Hall–Kier alpha value is -2.01. The average molecular weight is 507 g/mol. The lowest BCUT2D eigenvalue weighted by molar-refractivity contribution is -0.826. The maximum atomic E-state index is 14.7. The van der Waals surface area contributed by atoms with E-state index in [9.17, 15) is 27.2 Å². The first-order valence-corrected chi connectivity index (χ1v) is 9.69. The summed E-state index contributed by atoms with van der Waals surface area (Å²) in [5, 5.41) is -1.75. The molecule has 0 bridgehead atoms. The van der Waals surface area contributed by atoms with Gasteiger partial charge in [-0.05, 0) is 30.7 Å². The Kier molecular flexibility index (Phi) is 7.52. The number of hydrogen-bond acceptors (Lipinski definition) is 4. The van der Waals surface area contributed by atoms with Crippen LogP contribution in [0.25, 0.3) is 5.57 Å². The Morgan fingerprint density at radius 2 is 1.81 bits per heavy atom. The smallest absolute Gasteiger partial charge is 0.462 e. The zero-order valence-electron chi connectivity index (χ0n) is 16.3. The molecule has 170 valence electrons. The Balaban J connectivity index is 2.71. The van der Waals surface area contributed by atoms with E-state index in [1.165, 1.54) is 6.92 Å². The molecule has 1 amide bonds. The van der Waals surface area contributed by atoms with Crippen molar-refractivity contribution < 1.29 is 41.2 Å². The van der Waals surface area contributed by atoms with Crippen LogP contribution >= 0.6 is 34.8 Å². The number of quaternary nitrogens is 1. The van der Waals surface area contributed by atoms with E-state index in [2.05, 4.69) is 0 Å². The number of ether oxygens (including phenoxy) is 1. The molecule has 0 saturated heterocycles. The van der Waals surface area contributed by atoms with Crippen molar-refractivity contribution in [2.75, 3.05) is 20.2 Å². The number of hydrogen-bond donors (Lipinski definition) is 1. The van der Waals surface area contributed by atoms with Crippen LogP contribution in [-0.2, 0) is 14.3 Å². The molecule has 0 aromatic heterocycles. The minimum absolute atomic E-state index is 0.0680. The van der Waals surface area contributed by atoms with Gasteiger partial charge in [-0.25, -0.2) is 13.7 Å². The topological polar surface area (TPSA) is 64.6 Å². The van der Waals surface area contributed by atoms with Gasteiger partial charge in [-0.3, -0.25) is 4.79 Å². The molecule has 1 aromatic carbocycles. The van der Waals surface area contributed by atoms with Crippen LogP contribution in [0, 0.1) is 5.82 Å². The highest BCUT2D eigenvalue weighted by Crippen LogP contribution is 2.53. The molecular formula is C18H16Cl3F4N2O4+. The number of nitrogens with one attached hydrogen (secondary N) is 1. The monoisotopic (exact) mass is 505 g/mol. The molecule has 1 aliphatic rings. The largest absolute Gasteiger partial charge is 0.469 e. The van der Waals surface area contributed by atoms with E-state index >= 15 is 0 Å². The van der Waals surface area contributed by atoms with E-state index in [1.807, 2.05) is 5.48 Å². The van der Waals surface area contributed by atoms with Gasteiger partial charge in [0.05, 0.1) is 24.3 Å². The Bertz CT molecular complexity index is 995. The predicted octanol–water partition coefficient (Wildman–Crippen LogP) is 4.85. The molecule has 1 aromatic rings. The molecule has 0 saturated carbocycles. The molecule has 1 aliphatic heterocycles. The van der Waals surface area contributed by atoms with Crippen molar-refractivity contribution in [1.29, 1.82) is 0 Å². The number of alkyl halides is 3. The van der Waals surface area contributed by atoms with Gasteiger partial charge in [0.25, 0.3) is 0 Å². The minimum Gasteiger partial charge on any atom is -0.462 e. The lowest BCUT2D eigenvalue weighted by Crippen LogP contribution is -2.47. The second-order valence-corrected chi connectivity index (χ2v) is 7.65. The van der Waals surface area contributed by atoms with Gasteiger partial charge in [0.1, 0.15) is 10.8 Å². The fraction of sp³-hybridized carbons (Fsp3) is 0.333. The van der Waals surface area contributed by atoms with E-state index in [4.69, 9.17) is 44.4 Å². The summed E-state index contributed by atoms with van der Waals surface area (Å²) in [7, 11) is 1.000. The Morgan fingerprint density at radius 1 is 1.19 bits per heavy atom. The fourth-order valence-corrected chi connectivity index (χ4v) is 4.01. The van der Waals surface area contributed by atoms with Crippen LogP contribution in [0.15, 0.2) is 28.0 Å². The molecule has 6 nitrogen and oxygen atoms in total. The highest BCUT2D eigenvalue weighted by atomic mass is 35.5. The van der Waals surface area contributed by atoms with Crippen molar-refractivity contribution in [3.8, 4) is 5.75 Å². The molecule has 0 radical (unpaired) electrons. The van der Waals surface area contributed by atoms with Crippen molar-refractivity contribution in [3.05, 3.63) is 44.4 Å². The average Bonchev–Trinajstić information content (AvgIpc) is 2.80. The van der Waals surface area contributed by atoms with Crippen LogP contribution in [0.3, 0.4) is 0 Å². The number of amides is 1. The highest BCUT2D eigenvalue weighted by molar-refractivity contribution is 6.42. The van der Waals surface area contributed by atoms with Crippen molar-refractivity contribution >= 4 is 52.3 Å². The number of rotatable bonds is 6.